The van der Waals surface area contributed by atoms with Crippen molar-refractivity contribution in [2.24, 2.45) is 0 Å². The van der Waals surface area contributed by atoms with E-state index in [4.69, 9.17) is 0 Å². The predicted octanol–water partition coefficient (Wildman–Crippen LogP) is 3.54. The minimum absolute atomic E-state index is 0.171. The first-order valence-corrected chi connectivity index (χ1v) is 7.91. The number of hydrogen-bond acceptors (Lipinski definition) is 2. The third-order valence-electron chi connectivity index (χ3n) is 3.89. The van der Waals surface area contributed by atoms with Gasteiger partial charge in [-0.2, -0.15) is 0 Å². The Kier molecular flexibility index (Phi) is 6.88. The number of carboxylic acids is 1. The highest BCUT2D eigenvalue weighted by atomic mass is 19.3. The van der Waals surface area contributed by atoms with Crippen molar-refractivity contribution in [3.63, 3.8) is 0 Å². The zero-order valence-corrected chi connectivity index (χ0v) is 13.2. The van der Waals surface area contributed by atoms with E-state index in [9.17, 15) is 18.7 Å². The number of aliphatic carboxylic acids is 1. The molecule has 0 bridgehead atoms. The molecular weight excluding hydrogens is 312 g/mol. The maximum atomic E-state index is 13.3. The van der Waals surface area contributed by atoms with Gasteiger partial charge in [-0.05, 0) is 30.4 Å². The van der Waals surface area contributed by atoms with Crippen molar-refractivity contribution in [1.29, 1.82) is 0 Å². The normalized spacial score (nSPS) is 13.6. The van der Waals surface area contributed by atoms with Crippen LogP contribution in [-0.2, 0) is 17.6 Å². The van der Waals surface area contributed by atoms with Crippen molar-refractivity contribution in [3.8, 4) is 0 Å². The molecule has 5 heteroatoms. The molecule has 0 aliphatic heterocycles. The fourth-order valence-corrected chi connectivity index (χ4v) is 2.57. The lowest BCUT2D eigenvalue weighted by Crippen LogP contribution is -2.48. The van der Waals surface area contributed by atoms with Gasteiger partial charge in [-0.25, -0.2) is 8.78 Å². The molecule has 1 unspecified atom stereocenters. The Hall–Kier alpha value is -2.27. The first kappa shape index (κ1) is 18.1. The Labute approximate surface area is 140 Å². The minimum atomic E-state index is -2.62. The van der Waals surface area contributed by atoms with Crippen LogP contribution < -0.4 is 5.32 Å². The molecule has 128 valence electrons. The molecule has 2 aromatic carbocycles. The molecule has 2 N–H and O–H groups in total. The summed E-state index contributed by atoms with van der Waals surface area (Å²) in [6.45, 7) is 0. The molecule has 3 nitrogen and oxygen atoms in total. The summed E-state index contributed by atoms with van der Waals surface area (Å²) in [5.74, 6) is -1.12. The second-order valence-electron chi connectivity index (χ2n) is 5.71. The molecule has 0 fully saturated rings. The lowest BCUT2D eigenvalue weighted by molar-refractivity contribution is -0.140. The molecule has 0 radical (unpaired) electrons. The molecule has 0 spiro atoms. The predicted molar refractivity (Wildman–Crippen MR) is 89.3 cm³/mol. The van der Waals surface area contributed by atoms with Crippen molar-refractivity contribution in [2.45, 2.75) is 37.8 Å². The quantitative estimate of drug-likeness (QED) is 0.738. The molecule has 0 saturated carbocycles. The van der Waals surface area contributed by atoms with Crippen LogP contribution >= 0.6 is 0 Å². The minimum Gasteiger partial charge on any atom is -0.480 e. The van der Waals surface area contributed by atoms with Gasteiger partial charge in [0.1, 0.15) is 6.04 Å². The summed E-state index contributed by atoms with van der Waals surface area (Å²) in [7, 11) is 0. The largest absolute Gasteiger partial charge is 0.480 e. The van der Waals surface area contributed by atoms with Gasteiger partial charge in [0.25, 0.3) is 6.43 Å². The van der Waals surface area contributed by atoms with Gasteiger partial charge < -0.3 is 5.11 Å². The monoisotopic (exact) mass is 333 g/mol. The van der Waals surface area contributed by atoms with E-state index in [1.54, 1.807) is 24.3 Å². The van der Waals surface area contributed by atoms with Gasteiger partial charge in [0, 0.05) is 0 Å². The number of carbonyl (C=O) groups is 1. The number of halogens is 2. The number of nitrogens with one attached hydrogen (secondary N) is 1. The van der Waals surface area contributed by atoms with Crippen LogP contribution in [0.5, 0.6) is 0 Å². The van der Waals surface area contributed by atoms with E-state index in [1.165, 1.54) is 0 Å². The lowest BCUT2D eigenvalue weighted by Gasteiger charge is -2.23. The molecule has 0 aliphatic rings. The van der Waals surface area contributed by atoms with E-state index < -0.39 is 24.5 Å². The number of alkyl halides is 2. The van der Waals surface area contributed by atoms with Gasteiger partial charge in [-0.15, -0.1) is 0 Å². The second kappa shape index (κ2) is 9.13. The zero-order chi connectivity index (χ0) is 17.4. The van der Waals surface area contributed by atoms with E-state index in [2.05, 4.69) is 5.32 Å². The van der Waals surface area contributed by atoms with Crippen molar-refractivity contribution < 1.29 is 18.7 Å². The highest BCUT2D eigenvalue weighted by Crippen LogP contribution is 2.13. The highest BCUT2D eigenvalue weighted by molar-refractivity contribution is 5.74. The fourth-order valence-electron chi connectivity index (χ4n) is 2.57. The summed E-state index contributed by atoms with van der Waals surface area (Å²) in [5.41, 5.74) is 1.76. The van der Waals surface area contributed by atoms with Crippen LogP contribution in [-0.4, -0.2) is 29.6 Å². The molecular formula is C19H21F2NO2. The van der Waals surface area contributed by atoms with Gasteiger partial charge in [0.05, 0.1) is 6.04 Å². The number of carboxylic acid groups (broad SMARTS) is 1. The van der Waals surface area contributed by atoms with Crippen molar-refractivity contribution in [2.75, 3.05) is 0 Å². The van der Waals surface area contributed by atoms with Crippen LogP contribution in [0, 0.1) is 0 Å². The summed E-state index contributed by atoms with van der Waals surface area (Å²) in [5, 5.41) is 12.0. The highest BCUT2D eigenvalue weighted by Gasteiger charge is 2.27. The third kappa shape index (κ3) is 5.74. The van der Waals surface area contributed by atoms with E-state index >= 15 is 0 Å². The zero-order valence-electron chi connectivity index (χ0n) is 13.2. The van der Waals surface area contributed by atoms with Crippen molar-refractivity contribution in [3.05, 3.63) is 71.8 Å². The first-order chi connectivity index (χ1) is 11.6. The van der Waals surface area contributed by atoms with E-state index in [-0.39, 0.29) is 12.8 Å². The van der Waals surface area contributed by atoms with Crippen LogP contribution in [0.2, 0.25) is 0 Å². The van der Waals surface area contributed by atoms with Gasteiger partial charge >= 0.3 is 5.97 Å². The SMILES string of the molecule is O=C(O)[C@H](Cc1ccccc1)NC(CCc1ccccc1)C(F)F. The molecule has 2 aromatic rings. The molecule has 0 aliphatic carbocycles. The Morgan fingerprint density at radius 2 is 1.50 bits per heavy atom. The number of hydrogen-bond donors (Lipinski definition) is 2. The summed E-state index contributed by atoms with van der Waals surface area (Å²) in [6.07, 6.45) is -1.79. The maximum Gasteiger partial charge on any atom is 0.321 e. The fraction of sp³-hybridized carbons (Fsp3) is 0.316. The smallest absolute Gasteiger partial charge is 0.321 e. The van der Waals surface area contributed by atoms with Gasteiger partial charge in [0.2, 0.25) is 0 Å². The average molecular weight is 333 g/mol. The molecule has 0 saturated heterocycles. The molecule has 0 amide bonds. The van der Waals surface area contributed by atoms with Crippen LogP contribution in [0.4, 0.5) is 8.78 Å². The molecule has 0 heterocycles. The standard InChI is InChI=1S/C19H21F2NO2/c20-18(21)16(12-11-14-7-3-1-4-8-14)22-17(19(23)24)13-15-9-5-2-6-10-15/h1-10,16-18,22H,11-13H2,(H,23,24)/t16?,17-/m0/s1. The Bertz CT molecular complexity index is 620. The van der Waals surface area contributed by atoms with Crippen molar-refractivity contribution in [1.82, 2.24) is 5.32 Å². The van der Waals surface area contributed by atoms with Crippen molar-refractivity contribution >= 4 is 5.97 Å². The number of aryl methyl sites for hydroxylation is 1. The second-order valence-corrected chi connectivity index (χ2v) is 5.71. The summed E-state index contributed by atoms with van der Waals surface area (Å²) in [6, 6.07) is 16.1. The third-order valence-corrected chi connectivity index (χ3v) is 3.89. The van der Waals surface area contributed by atoms with Gasteiger partial charge in [0.15, 0.2) is 0 Å². The van der Waals surface area contributed by atoms with E-state index in [0.717, 1.165) is 11.1 Å². The molecule has 24 heavy (non-hydrogen) atoms. The van der Waals surface area contributed by atoms with E-state index in [1.807, 2.05) is 36.4 Å². The Morgan fingerprint density at radius 1 is 0.958 bits per heavy atom. The summed E-state index contributed by atoms with van der Waals surface area (Å²) in [4.78, 5) is 11.4. The topological polar surface area (TPSA) is 49.3 Å². The summed E-state index contributed by atoms with van der Waals surface area (Å²) >= 11 is 0. The lowest BCUT2D eigenvalue weighted by atomic mass is 10.0. The van der Waals surface area contributed by atoms with E-state index in [0.29, 0.717) is 6.42 Å². The van der Waals surface area contributed by atoms with Crippen LogP contribution in [0.1, 0.15) is 17.5 Å². The molecule has 2 atom stereocenters. The molecule has 0 aromatic heterocycles. The first-order valence-electron chi connectivity index (χ1n) is 7.91. The maximum absolute atomic E-state index is 13.3. The Balaban J connectivity index is 1.99. The van der Waals surface area contributed by atoms with Gasteiger partial charge in [-0.1, -0.05) is 60.7 Å². The molecule has 2 rings (SSSR count). The number of rotatable bonds is 9. The van der Waals surface area contributed by atoms with Crippen LogP contribution in [0.3, 0.4) is 0 Å². The average Bonchev–Trinajstić information content (AvgIpc) is 2.59. The van der Waals surface area contributed by atoms with Gasteiger partial charge in [-0.3, -0.25) is 10.1 Å². The Morgan fingerprint density at radius 3 is 2.00 bits per heavy atom. The number of benzene rings is 2. The van der Waals surface area contributed by atoms with Crippen LogP contribution in [0.15, 0.2) is 60.7 Å². The van der Waals surface area contributed by atoms with Crippen LogP contribution in [0.25, 0.3) is 0 Å². The summed E-state index contributed by atoms with van der Waals surface area (Å²) < 4.78 is 26.6.